The smallest absolute Gasteiger partial charge is 0.232 e. The van der Waals surface area contributed by atoms with E-state index in [4.69, 9.17) is 11.5 Å². The summed E-state index contributed by atoms with van der Waals surface area (Å²) in [5.74, 6) is 0.192. The molecule has 2 atom stereocenters. The van der Waals surface area contributed by atoms with Crippen LogP contribution in [0, 0.1) is 0 Å². The van der Waals surface area contributed by atoms with Crippen molar-refractivity contribution in [3.05, 3.63) is 0 Å². The Morgan fingerprint density at radius 1 is 1.41 bits per heavy atom. The van der Waals surface area contributed by atoms with Crippen molar-refractivity contribution in [2.45, 2.75) is 38.3 Å². The van der Waals surface area contributed by atoms with Gasteiger partial charge in [0.25, 0.3) is 0 Å². The first-order valence-electron chi connectivity index (χ1n) is 5.93. The standard InChI is InChI=1S/C11H21N3O2S/c1-8(12)9-4-2-3-5-14(9)11(16)7-17-6-10(13)15/h8-9H,2-7,12H2,1H3,(H2,13,15). The van der Waals surface area contributed by atoms with Crippen LogP contribution in [0.5, 0.6) is 0 Å². The van der Waals surface area contributed by atoms with E-state index >= 15 is 0 Å². The molecule has 2 unspecified atom stereocenters. The number of primary amides is 1. The minimum absolute atomic E-state index is 0.000361. The van der Waals surface area contributed by atoms with Gasteiger partial charge < -0.3 is 16.4 Å². The van der Waals surface area contributed by atoms with E-state index in [-0.39, 0.29) is 29.7 Å². The minimum Gasteiger partial charge on any atom is -0.369 e. The van der Waals surface area contributed by atoms with Crippen LogP contribution in [0.25, 0.3) is 0 Å². The van der Waals surface area contributed by atoms with Gasteiger partial charge in [-0.1, -0.05) is 0 Å². The first-order chi connectivity index (χ1) is 8.02. The molecule has 1 rings (SSSR count). The third-order valence-corrected chi connectivity index (χ3v) is 3.89. The molecule has 0 bridgehead atoms. The molecule has 0 aromatic rings. The summed E-state index contributed by atoms with van der Waals surface area (Å²) in [6.45, 7) is 2.72. The van der Waals surface area contributed by atoms with Crippen molar-refractivity contribution in [3.8, 4) is 0 Å². The lowest BCUT2D eigenvalue weighted by Gasteiger charge is -2.38. The van der Waals surface area contributed by atoms with Gasteiger partial charge in [0, 0.05) is 18.6 Å². The molecule has 2 amide bonds. The third-order valence-electron chi connectivity index (χ3n) is 2.95. The molecule has 6 heteroatoms. The number of amides is 2. The zero-order chi connectivity index (χ0) is 12.8. The zero-order valence-corrected chi connectivity index (χ0v) is 11.0. The molecule has 1 fully saturated rings. The van der Waals surface area contributed by atoms with Crippen LogP contribution in [-0.4, -0.2) is 46.8 Å². The van der Waals surface area contributed by atoms with Gasteiger partial charge in [-0.15, -0.1) is 11.8 Å². The van der Waals surface area contributed by atoms with Crippen LogP contribution in [0.1, 0.15) is 26.2 Å². The predicted molar refractivity (Wildman–Crippen MR) is 69.5 cm³/mol. The summed E-state index contributed by atoms with van der Waals surface area (Å²) in [4.78, 5) is 24.4. The molecular weight excluding hydrogens is 238 g/mol. The van der Waals surface area contributed by atoms with Crippen molar-refractivity contribution >= 4 is 23.6 Å². The maximum Gasteiger partial charge on any atom is 0.232 e. The number of nitrogens with zero attached hydrogens (tertiary/aromatic N) is 1. The Balaban J connectivity index is 2.44. The monoisotopic (exact) mass is 259 g/mol. The summed E-state index contributed by atoms with van der Waals surface area (Å²) in [5, 5.41) is 0. The molecule has 0 aromatic carbocycles. The van der Waals surface area contributed by atoms with E-state index in [0.29, 0.717) is 5.75 Å². The summed E-state index contributed by atoms with van der Waals surface area (Å²) in [7, 11) is 0. The summed E-state index contributed by atoms with van der Waals surface area (Å²) in [6.07, 6.45) is 3.14. The highest BCUT2D eigenvalue weighted by atomic mass is 32.2. The van der Waals surface area contributed by atoms with Crippen molar-refractivity contribution in [1.82, 2.24) is 4.90 Å². The number of nitrogens with two attached hydrogens (primary N) is 2. The van der Waals surface area contributed by atoms with Crippen LogP contribution in [0.4, 0.5) is 0 Å². The second kappa shape index (κ2) is 6.86. The molecule has 1 saturated heterocycles. The number of hydrogen-bond acceptors (Lipinski definition) is 4. The van der Waals surface area contributed by atoms with Gasteiger partial charge in [0.05, 0.1) is 11.5 Å². The SMILES string of the molecule is CC(N)C1CCCCN1C(=O)CSCC(N)=O. The largest absolute Gasteiger partial charge is 0.369 e. The maximum atomic E-state index is 12.0. The Hall–Kier alpha value is -0.750. The fraction of sp³-hybridized carbons (Fsp3) is 0.818. The Morgan fingerprint density at radius 3 is 2.71 bits per heavy atom. The third kappa shape index (κ3) is 4.55. The maximum absolute atomic E-state index is 12.0. The van der Waals surface area contributed by atoms with Gasteiger partial charge in [0.1, 0.15) is 0 Å². The molecular formula is C11H21N3O2S. The average molecular weight is 259 g/mol. The summed E-state index contributed by atoms with van der Waals surface area (Å²) in [6, 6.07) is 0.144. The van der Waals surface area contributed by atoms with Gasteiger partial charge >= 0.3 is 0 Å². The molecule has 98 valence electrons. The lowest BCUT2D eigenvalue weighted by atomic mass is 9.97. The average Bonchev–Trinajstić information content (AvgIpc) is 2.28. The minimum atomic E-state index is -0.384. The second-order valence-electron chi connectivity index (χ2n) is 4.47. The zero-order valence-electron chi connectivity index (χ0n) is 10.2. The first-order valence-corrected chi connectivity index (χ1v) is 7.09. The normalized spacial score (nSPS) is 22.2. The van der Waals surface area contributed by atoms with Crippen molar-refractivity contribution < 1.29 is 9.59 Å². The molecule has 5 nitrogen and oxygen atoms in total. The molecule has 0 aromatic heterocycles. The van der Waals surface area contributed by atoms with E-state index in [0.717, 1.165) is 25.8 Å². The lowest BCUT2D eigenvalue weighted by molar-refractivity contribution is -0.132. The molecule has 0 aliphatic carbocycles. The van der Waals surface area contributed by atoms with E-state index in [1.165, 1.54) is 11.8 Å². The molecule has 1 aliphatic heterocycles. The van der Waals surface area contributed by atoms with Gasteiger partial charge in [-0.05, 0) is 26.2 Å². The fourth-order valence-electron chi connectivity index (χ4n) is 2.14. The van der Waals surface area contributed by atoms with Gasteiger partial charge in [-0.25, -0.2) is 0 Å². The van der Waals surface area contributed by atoms with Gasteiger partial charge in [0.2, 0.25) is 11.8 Å². The van der Waals surface area contributed by atoms with Crippen LogP contribution in [0.3, 0.4) is 0 Å². The van der Waals surface area contributed by atoms with E-state index in [9.17, 15) is 9.59 Å². The molecule has 1 aliphatic rings. The number of rotatable bonds is 5. The molecule has 0 spiro atoms. The molecule has 0 saturated carbocycles. The molecule has 0 radical (unpaired) electrons. The van der Waals surface area contributed by atoms with Crippen LogP contribution >= 0.6 is 11.8 Å². The summed E-state index contributed by atoms with van der Waals surface area (Å²) < 4.78 is 0. The van der Waals surface area contributed by atoms with E-state index in [1.54, 1.807) is 0 Å². The Bertz CT molecular complexity index is 284. The fourth-order valence-corrected chi connectivity index (χ4v) is 2.78. The Labute approximate surface area is 106 Å². The number of likely N-dealkylation sites (tertiary alicyclic amines) is 1. The van der Waals surface area contributed by atoms with Crippen molar-refractivity contribution in [3.63, 3.8) is 0 Å². The van der Waals surface area contributed by atoms with E-state index in [2.05, 4.69) is 0 Å². The lowest BCUT2D eigenvalue weighted by Crippen LogP contribution is -2.52. The van der Waals surface area contributed by atoms with Crippen molar-refractivity contribution in [2.75, 3.05) is 18.1 Å². The highest BCUT2D eigenvalue weighted by Crippen LogP contribution is 2.20. The topological polar surface area (TPSA) is 89.4 Å². The number of hydrogen-bond donors (Lipinski definition) is 2. The van der Waals surface area contributed by atoms with Crippen molar-refractivity contribution in [1.29, 1.82) is 0 Å². The second-order valence-corrected chi connectivity index (χ2v) is 5.45. The Kier molecular flexibility index (Phi) is 5.77. The first kappa shape index (κ1) is 14.3. The quantitative estimate of drug-likeness (QED) is 0.723. The number of carbonyl (C=O) groups excluding carboxylic acids is 2. The summed E-state index contributed by atoms with van der Waals surface area (Å²) in [5.41, 5.74) is 10.9. The molecule has 1 heterocycles. The molecule has 17 heavy (non-hydrogen) atoms. The van der Waals surface area contributed by atoms with Gasteiger partial charge in [0.15, 0.2) is 0 Å². The van der Waals surface area contributed by atoms with Crippen LogP contribution < -0.4 is 11.5 Å². The summed E-state index contributed by atoms with van der Waals surface area (Å²) >= 11 is 1.27. The van der Waals surface area contributed by atoms with Crippen LogP contribution in [-0.2, 0) is 9.59 Å². The highest BCUT2D eigenvalue weighted by Gasteiger charge is 2.28. The predicted octanol–water partition coefficient (Wildman–Crippen LogP) is -0.0668. The molecule has 4 N–H and O–H groups in total. The highest BCUT2D eigenvalue weighted by molar-refractivity contribution is 8.00. The number of carbonyl (C=O) groups is 2. The van der Waals surface area contributed by atoms with E-state index < -0.39 is 0 Å². The van der Waals surface area contributed by atoms with Gasteiger partial charge in [-0.3, -0.25) is 9.59 Å². The van der Waals surface area contributed by atoms with E-state index in [1.807, 2.05) is 11.8 Å². The van der Waals surface area contributed by atoms with Crippen LogP contribution in [0.2, 0.25) is 0 Å². The van der Waals surface area contributed by atoms with Crippen LogP contribution in [0.15, 0.2) is 0 Å². The number of piperidine rings is 1. The number of thioether (sulfide) groups is 1. The Morgan fingerprint density at radius 2 is 2.12 bits per heavy atom. The van der Waals surface area contributed by atoms with Crippen molar-refractivity contribution in [2.24, 2.45) is 11.5 Å². The van der Waals surface area contributed by atoms with Gasteiger partial charge in [-0.2, -0.15) is 0 Å².